The predicted molar refractivity (Wildman–Crippen MR) is 35.9 cm³/mol. The van der Waals surface area contributed by atoms with Gasteiger partial charge in [-0.1, -0.05) is 0 Å². The summed E-state index contributed by atoms with van der Waals surface area (Å²) in [6.07, 6.45) is -10.9. The molecule has 15 heavy (non-hydrogen) atoms. The van der Waals surface area contributed by atoms with Crippen molar-refractivity contribution in [2.24, 2.45) is 5.92 Å². The fraction of sp³-hybridized carbons (Fsp3) is 1.00. The molecular weight excluding hydrogens is 230 g/mol. The second-order valence-corrected chi connectivity index (χ2v) is 3.21. The van der Waals surface area contributed by atoms with Gasteiger partial charge >= 0.3 is 12.4 Å². The van der Waals surface area contributed by atoms with Crippen molar-refractivity contribution in [2.45, 2.75) is 24.6 Å². The normalized spacial score (nSPS) is 33.4. The second-order valence-electron chi connectivity index (χ2n) is 3.21. The minimum Gasteiger partial charge on any atom is -0.346 e. The zero-order valence-corrected chi connectivity index (χ0v) is 7.58. The molecule has 0 N–H and O–H groups in total. The topological polar surface area (TPSA) is 18.5 Å². The van der Waals surface area contributed by atoms with Crippen molar-refractivity contribution >= 4 is 0 Å². The Morgan fingerprint density at radius 3 is 1.93 bits per heavy atom. The van der Waals surface area contributed by atoms with Crippen molar-refractivity contribution in [1.82, 2.24) is 0 Å². The van der Waals surface area contributed by atoms with E-state index in [4.69, 9.17) is 0 Å². The number of ether oxygens (including phenoxy) is 2. The number of hydrogen-bond donors (Lipinski definition) is 0. The first-order valence-electron chi connectivity index (χ1n) is 3.95. The van der Waals surface area contributed by atoms with Crippen LogP contribution in [0.1, 0.15) is 6.42 Å². The van der Waals surface area contributed by atoms with Gasteiger partial charge in [0, 0.05) is 13.5 Å². The largest absolute Gasteiger partial charge is 0.443 e. The molecule has 1 heterocycles. The SMILES string of the molecule is COC1(C(F)(F)F)CC(C(F)(F)F)CO1. The summed E-state index contributed by atoms with van der Waals surface area (Å²) in [4.78, 5) is 0. The molecule has 90 valence electrons. The monoisotopic (exact) mass is 238 g/mol. The molecule has 0 bridgehead atoms. The first kappa shape index (κ1) is 12.6. The lowest BCUT2D eigenvalue weighted by Gasteiger charge is -2.28. The molecule has 0 aromatic heterocycles. The van der Waals surface area contributed by atoms with E-state index in [2.05, 4.69) is 9.47 Å². The van der Waals surface area contributed by atoms with Crippen LogP contribution in [0.4, 0.5) is 26.3 Å². The van der Waals surface area contributed by atoms with Crippen LogP contribution in [0.25, 0.3) is 0 Å². The third-order valence-electron chi connectivity index (χ3n) is 2.26. The number of rotatable bonds is 1. The molecule has 0 aliphatic carbocycles. The van der Waals surface area contributed by atoms with Crippen molar-refractivity contribution in [2.75, 3.05) is 13.7 Å². The standard InChI is InChI=1S/C7H8F6O2/c1-14-5(7(11,12)13)2-4(3-15-5)6(8,9)10/h4H,2-3H2,1H3. The van der Waals surface area contributed by atoms with E-state index >= 15 is 0 Å². The van der Waals surface area contributed by atoms with E-state index in [-0.39, 0.29) is 0 Å². The summed E-state index contributed by atoms with van der Waals surface area (Å²) in [5, 5.41) is 0. The van der Waals surface area contributed by atoms with E-state index in [1.165, 1.54) is 0 Å². The Balaban J connectivity index is 2.83. The van der Waals surface area contributed by atoms with E-state index < -0.39 is 37.1 Å². The molecule has 2 unspecified atom stereocenters. The molecule has 2 nitrogen and oxygen atoms in total. The van der Waals surface area contributed by atoms with Gasteiger partial charge in [0.05, 0.1) is 12.5 Å². The quantitative estimate of drug-likeness (QED) is 0.653. The molecule has 1 aliphatic rings. The van der Waals surface area contributed by atoms with Gasteiger partial charge in [0.1, 0.15) is 0 Å². The smallest absolute Gasteiger partial charge is 0.346 e. The molecule has 2 atom stereocenters. The van der Waals surface area contributed by atoms with Crippen LogP contribution in [0, 0.1) is 5.92 Å². The van der Waals surface area contributed by atoms with Crippen LogP contribution in [0.2, 0.25) is 0 Å². The number of methoxy groups -OCH3 is 1. The van der Waals surface area contributed by atoms with Gasteiger partial charge in [-0.05, 0) is 0 Å². The maximum absolute atomic E-state index is 12.4. The lowest BCUT2D eigenvalue weighted by Crippen LogP contribution is -2.46. The molecule has 8 heteroatoms. The fourth-order valence-electron chi connectivity index (χ4n) is 1.34. The van der Waals surface area contributed by atoms with Gasteiger partial charge in [0.25, 0.3) is 5.79 Å². The zero-order chi connectivity index (χ0) is 11.9. The van der Waals surface area contributed by atoms with Crippen LogP contribution in [0.3, 0.4) is 0 Å². The first-order valence-corrected chi connectivity index (χ1v) is 3.95. The van der Waals surface area contributed by atoms with Crippen LogP contribution >= 0.6 is 0 Å². The molecule has 0 radical (unpaired) electrons. The summed E-state index contributed by atoms with van der Waals surface area (Å²) in [6, 6.07) is 0. The van der Waals surface area contributed by atoms with Gasteiger partial charge in [-0.2, -0.15) is 26.3 Å². The predicted octanol–water partition coefficient (Wildman–Crippen LogP) is 2.49. The summed E-state index contributed by atoms with van der Waals surface area (Å²) in [7, 11) is 0.673. The number of hydrogen-bond acceptors (Lipinski definition) is 2. The molecule has 1 saturated heterocycles. The third kappa shape index (κ3) is 2.20. The van der Waals surface area contributed by atoms with Crippen LogP contribution in [0.5, 0.6) is 0 Å². The van der Waals surface area contributed by atoms with Crippen molar-refractivity contribution in [1.29, 1.82) is 0 Å². The van der Waals surface area contributed by atoms with Crippen LogP contribution in [-0.2, 0) is 9.47 Å². The minimum atomic E-state index is -4.97. The zero-order valence-electron chi connectivity index (χ0n) is 7.58. The summed E-state index contributed by atoms with van der Waals surface area (Å²) in [5.41, 5.74) is 0. The van der Waals surface area contributed by atoms with Crippen LogP contribution in [-0.4, -0.2) is 31.9 Å². The van der Waals surface area contributed by atoms with Crippen LogP contribution in [0.15, 0.2) is 0 Å². The van der Waals surface area contributed by atoms with Gasteiger partial charge in [0.2, 0.25) is 0 Å². The van der Waals surface area contributed by atoms with E-state index in [1.807, 2.05) is 0 Å². The molecule has 0 aromatic carbocycles. The summed E-state index contributed by atoms with van der Waals surface area (Å²) in [6.45, 7) is -1.03. The maximum atomic E-state index is 12.4. The third-order valence-corrected chi connectivity index (χ3v) is 2.26. The minimum absolute atomic E-state index is 0.673. The number of halogens is 6. The molecule has 0 amide bonds. The second kappa shape index (κ2) is 3.51. The molecule has 1 rings (SSSR count). The highest BCUT2D eigenvalue weighted by Crippen LogP contribution is 2.47. The van der Waals surface area contributed by atoms with E-state index in [9.17, 15) is 26.3 Å². The van der Waals surface area contributed by atoms with Gasteiger partial charge < -0.3 is 9.47 Å². The van der Waals surface area contributed by atoms with Gasteiger partial charge in [-0.15, -0.1) is 0 Å². The highest BCUT2D eigenvalue weighted by Gasteiger charge is 2.64. The summed E-state index contributed by atoms with van der Waals surface area (Å²) < 4.78 is 81.6. The van der Waals surface area contributed by atoms with Crippen molar-refractivity contribution < 1.29 is 35.8 Å². The highest BCUT2D eigenvalue weighted by molar-refractivity contribution is 4.90. The van der Waals surface area contributed by atoms with Crippen LogP contribution < -0.4 is 0 Å². The lowest BCUT2D eigenvalue weighted by atomic mass is 10.0. The van der Waals surface area contributed by atoms with Crippen molar-refractivity contribution in [3.05, 3.63) is 0 Å². The molecule has 0 aromatic rings. The Morgan fingerprint density at radius 2 is 1.73 bits per heavy atom. The van der Waals surface area contributed by atoms with E-state index in [0.29, 0.717) is 7.11 Å². The molecule has 1 fully saturated rings. The Bertz CT molecular complexity index is 235. The fourth-order valence-corrected chi connectivity index (χ4v) is 1.34. The molecular formula is C7H8F6O2. The van der Waals surface area contributed by atoms with Gasteiger partial charge in [0.15, 0.2) is 0 Å². The lowest BCUT2D eigenvalue weighted by molar-refractivity contribution is -0.358. The van der Waals surface area contributed by atoms with E-state index in [1.54, 1.807) is 0 Å². The highest BCUT2D eigenvalue weighted by atomic mass is 19.4. The Kier molecular flexibility index (Phi) is 2.94. The Hall–Kier alpha value is -0.500. The summed E-state index contributed by atoms with van der Waals surface area (Å²) >= 11 is 0. The number of alkyl halides is 6. The molecule has 0 saturated carbocycles. The molecule has 0 spiro atoms. The molecule has 1 aliphatic heterocycles. The summed E-state index contributed by atoms with van der Waals surface area (Å²) in [5.74, 6) is -5.26. The Morgan fingerprint density at radius 1 is 1.20 bits per heavy atom. The van der Waals surface area contributed by atoms with Crippen molar-refractivity contribution in [3.63, 3.8) is 0 Å². The van der Waals surface area contributed by atoms with Gasteiger partial charge in [-0.3, -0.25) is 0 Å². The Labute approximate surface area is 81.1 Å². The average Bonchev–Trinajstić information content (AvgIpc) is 2.46. The van der Waals surface area contributed by atoms with E-state index in [0.717, 1.165) is 0 Å². The van der Waals surface area contributed by atoms with Crippen molar-refractivity contribution in [3.8, 4) is 0 Å². The first-order chi connectivity index (χ1) is 6.62. The van der Waals surface area contributed by atoms with Gasteiger partial charge in [-0.25, -0.2) is 0 Å². The maximum Gasteiger partial charge on any atom is 0.443 e. The average molecular weight is 238 g/mol.